The van der Waals surface area contributed by atoms with Crippen LogP contribution in [0.4, 0.5) is 0 Å². The maximum Gasteiger partial charge on any atom is 0.326 e. The molecule has 5 nitrogen and oxygen atoms in total. The summed E-state index contributed by atoms with van der Waals surface area (Å²) in [5.41, 5.74) is -0.624. The number of rotatable bonds is 7. The van der Waals surface area contributed by atoms with Gasteiger partial charge >= 0.3 is 5.97 Å². The minimum absolute atomic E-state index is 0.155. The lowest BCUT2D eigenvalue weighted by atomic mass is 9.92. The second kappa shape index (κ2) is 8.71. The van der Waals surface area contributed by atoms with Gasteiger partial charge in [0.15, 0.2) is 0 Å². The average Bonchev–Trinajstić information content (AvgIpc) is 2.64. The van der Waals surface area contributed by atoms with Crippen molar-refractivity contribution in [2.24, 2.45) is 0 Å². The Morgan fingerprint density at radius 1 is 1.52 bits per heavy atom. The molecule has 1 fully saturated rings. The van der Waals surface area contributed by atoms with E-state index >= 15 is 0 Å². The molecule has 21 heavy (non-hydrogen) atoms. The zero-order chi connectivity index (χ0) is 15.9. The second-order valence-corrected chi connectivity index (χ2v) is 6.17. The molecule has 1 aliphatic heterocycles. The number of hydrogen-bond acceptors (Lipinski definition) is 5. The lowest BCUT2D eigenvalue weighted by Gasteiger charge is -2.36. The lowest BCUT2D eigenvalue weighted by Crippen LogP contribution is -2.54. The molecule has 3 unspecified atom stereocenters. The third-order valence-electron chi connectivity index (χ3n) is 4.10. The number of ether oxygens (including phenoxy) is 2. The molecular formula is C16H32N2O3. The maximum absolute atomic E-state index is 12.3. The highest BCUT2D eigenvalue weighted by Crippen LogP contribution is 2.20. The molecule has 124 valence electrons. The molecule has 5 heteroatoms. The first-order valence-corrected chi connectivity index (χ1v) is 8.20. The van der Waals surface area contributed by atoms with Crippen molar-refractivity contribution in [3.8, 4) is 0 Å². The molecule has 1 saturated heterocycles. The normalized spacial score (nSPS) is 24.9. The largest absolute Gasteiger partial charge is 0.465 e. The van der Waals surface area contributed by atoms with Gasteiger partial charge in [0.25, 0.3) is 0 Å². The SMILES string of the molecule is CCNC(C)(CC(C)N1CCCOC(C)C1)C(=O)OCC. The first-order valence-electron chi connectivity index (χ1n) is 8.20. The van der Waals surface area contributed by atoms with Gasteiger partial charge in [-0.3, -0.25) is 9.69 Å². The van der Waals surface area contributed by atoms with E-state index in [4.69, 9.17) is 9.47 Å². The van der Waals surface area contributed by atoms with Gasteiger partial charge in [-0.2, -0.15) is 0 Å². The number of carbonyl (C=O) groups excluding carboxylic acids is 1. The van der Waals surface area contributed by atoms with Crippen LogP contribution in [0, 0.1) is 0 Å². The van der Waals surface area contributed by atoms with Crippen molar-refractivity contribution in [1.82, 2.24) is 10.2 Å². The zero-order valence-corrected chi connectivity index (χ0v) is 14.3. The average molecular weight is 300 g/mol. The number of carbonyl (C=O) groups is 1. The molecule has 0 radical (unpaired) electrons. The predicted octanol–water partition coefficient (Wildman–Crippen LogP) is 1.81. The van der Waals surface area contributed by atoms with E-state index in [1.165, 1.54) is 0 Å². The van der Waals surface area contributed by atoms with Crippen molar-refractivity contribution in [2.75, 3.05) is 32.8 Å². The summed E-state index contributed by atoms with van der Waals surface area (Å²) >= 11 is 0. The van der Waals surface area contributed by atoms with E-state index in [2.05, 4.69) is 24.1 Å². The highest BCUT2D eigenvalue weighted by Gasteiger charge is 2.37. The number of esters is 1. The molecule has 0 aliphatic carbocycles. The molecule has 1 heterocycles. The fourth-order valence-corrected chi connectivity index (χ4v) is 3.05. The summed E-state index contributed by atoms with van der Waals surface area (Å²) in [6.07, 6.45) is 2.04. The van der Waals surface area contributed by atoms with Gasteiger partial charge in [0.05, 0.1) is 12.7 Å². The van der Waals surface area contributed by atoms with Crippen LogP contribution < -0.4 is 5.32 Å². The van der Waals surface area contributed by atoms with Crippen LogP contribution in [0.3, 0.4) is 0 Å². The fourth-order valence-electron chi connectivity index (χ4n) is 3.05. The Morgan fingerprint density at radius 2 is 2.24 bits per heavy atom. The van der Waals surface area contributed by atoms with Crippen LogP contribution in [0.1, 0.15) is 47.5 Å². The van der Waals surface area contributed by atoms with E-state index in [0.29, 0.717) is 12.6 Å². The van der Waals surface area contributed by atoms with E-state index < -0.39 is 5.54 Å². The minimum Gasteiger partial charge on any atom is -0.465 e. The Labute approximate surface area is 129 Å². The summed E-state index contributed by atoms with van der Waals surface area (Å²) in [5, 5.41) is 3.31. The number of likely N-dealkylation sites (N-methyl/N-ethyl adjacent to an activating group) is 1. The van der Waals surface area contributed by atoms with Crippen molar-refractivity contribution in [3.63, 3.8) is 0 Å². The molecule has 3 atom stereocenters. The summed E-state index contributed by atoms with van der Waals surface area (Å²) < 4.78 is 10.9. The van der Waals surface area contributed by atoms with Crippen molar-refractivity contribution >= 4 is 5.97 Å². The van der Waals surface area contributed by atoms with Crippen LogP contribution in [0.2, 0.25) is 0 Å². The predicted molar refractivity (Wildman–Crippen MR) is 84.4 cm³/mol. The first-order chi connectivity index (χ1) is 9.92. The first kappa shape index (κ1) is 18.4. The number of nitrogens with one attached hydrogen (secondary N) is 1. The Balaban J connectivity index is 2.70. The van der Waals surface area contributed by atoms with E-state index in [0.717, 1.165) is 39.1 Å². The van der Waals surface area contributed by atoms with Crippen molar-refractivity contribution < 1.29 is 14.3 Å². The van der Waals surface area contributed by atoms with Gasteiger partial charge in [0.2, 0.25) is 0 Å². The molecule has 0 spiro atoms. The smallest absolute Gasteiger partial charge is 0.326 e. The lowest BCUT2D eigenvalue weighted by molar-refractivity contribution is -0.151. The van der Waals surface area contributed by atoms with E-state index in [1.54, 1.807) is 0 Å². The summed E-state index contributed by atoms with van der Waals surface area (Å²) in [7, 11) is 0. The monoisotopic (exact) mass is 300 g/mol. The molecule has 0 aromatic rings. The Morgan fingerprint density at radius 3 is 2.86 bits per heavy atom. The molecular weight excluding hydrogens is 268 g/mol. The third-order valence-corrected chi connectivity index (χ3v) is 4.10. The summed E-state index contributed by atoms with van der Waals surface area (Å²) in [4.78, 5) is 14.7. The Hall–Kier alpha value is -0.650. The fraction of sp³-hybridized carbons (Fsp3) is 0.938. The van der Waals surface area contributed by atoms with Gasteiger partial charge in [-0.25, -0.2) is 0 Å². The highest BCUT2D eigenvalue weighted by atomic mass is 16.5. The highest BCUT2D eigenvalue weighted by molar-refractivity contribution is 5.80. The summed E-state index contributed by atoms with van der Waals surface area (Å²) in [5.74, 6) is -0.155. The van der Waals surface area contributed by atoms with Gasteiger partial charge in [-0.05, 0) is 47.1 Å². The maximum atomic E-state index is 12.3. The topological polar surface area (TPSA) is 50.8 Å². The summed E-state index contributed by atoms with van der Waals surface area (Å²) in [6, 6.07) is 0.308. The van der Waals surface area contributed by atoms with Crippen LogP contribution in [-0.2, 0) is 14.3 Å². The molecule has 0 saturated carbocycles. The van der Waals surface area contributed by atoms with Crippen molar-refractivity contribution in [3.05, 3.63) is 0 Å². The summed E-state index contributed by atoms with van der Waals surface area (Å²) in [6.45, 7) is 14.1. The van der Waals surface area contributed by atoms with Gasteiger partial charge in [0, 0.05) is 25.7 Å². The van der Waals surface area contributed by atoms with Crippen LogP contribution >= 0.6 is 0 Å². The van der Waals surface area contributed by atoms with E-state index in [9.17, 15) is 4.79 Å². The standard InChI is InChI=1S/C16H32N2O3/c1-6-17-16(5,15(19)20-7-2)11-13(3)18-9-8-10-21-14(4)12-18/h13-14,17H,6-12H2,1-5H3. The van der Waals surface area contributed by atoms with Gasteiger partial charge in [-0.1, -0.05) is 6.92 Å². The van der Waals surface area contributed by atoms with Gasteiger partial charge < -0.3 is 14.8 Å². The molecule has 1 N–H and O–H groups in total. The molecule has 0 bridgehead atoms. The van der Waals surface area contributed by atoms with E-state index in [1.807, 2.05) is 20.8 Å². The molecule has 1 aliphatic rings. The zero-order valence-electron chi connectivity index (χ0n) is 14.3. The van der Waals surface area contributed by atoms with Crippen LogP contribution in [0.25, 0.3) is 0 Å². The van der Waals surface area contributed by atoms with Crippen LogP contribution in [-0.4, -0.2) is 61.4 Å². The quantitative estimate of drug-likeness (QED) is 0.727. The second-order valence-electron chi connectivity index (χ2n) is 6.17. The van der Waals surface area contributed by atoms with Crippen molar-refractivity contribution in [2.45, 2.75) is 65.1 Å². The molecule has 0 amide bonds. The number of nitrogens with zero attached hydrogens (tertiary/aromatic N) is 1. The molecule has 1 rings (SSSR count). The van der Waals surface area contributed by atoms with Gasteiger partial charge in [0.1, 0.15) is 5.54 Å². The van der Waals surface area contributed by atoms with Crippen molar-refractivity contribution in [1.29, 1.82) is 0 Å². The van der Waals surface area contributed by atoms with Crippen LogP contribution in [0.15, 0.2) is 0 Å². The Bertz CT molecular complexity index is 325. The Kier molecular flexibility index (Phi) is 7.63. The number of hydrogen-bond donors (Lipinski definition) is 1. The minimum atomic E-state index is -0.624. The van der Waals surface area contributed by atoms with E-state index in [-0.39, 0.29) is 12.1 Å². The molecule has 0 aromatic carbocycles. The third kappa shape index (κ3) is 5.57. The molecule has 0 aromatic heterocycles. The van der Waals surface area contributed by atoms with Gasteiger partial charge in [-0.15, -0.1) is 0 Å². The van der Waals surface area contributed by atoms with Crippen LogP contribution in [0.5, 0.6) is 0 Å².